The van der Waals surface area contributed by atoms with Gasteiger partial charge in [-0.25, -0.2) is 9.98 Å². The second-order valence-corrected chi connectivity index (χ2v) is 5.66. The smallest absolute Gasteiger partial charge is 0.191 e. The van der Waals surface area contributed by atoms with E-state index in [4.69, 9.17) is 11.6 Å². The van der Waals surface area contributed by atoms with Crippen LogP contribution in [-0.4, -0.2) is 24.0 Å². The van der Waals surface area contributed by atoms with Crippen LogP contribution in [0.1, 0.15) is 18.1 Å². The Kier molecular flexibility index (Phi) is 6.50. The summed E-state index contributed by atoms with van der Waals surface area (Å²) in [7, 11) is 0. The van der Waals surface area contributed by atoms with E-state index in [0.717, 1.165) is 31.0 Å². The Balaban J connectivity index is 1.82. The molecule has 112 valence electrons. The average molecular weight is 323 g/mol. The monoisotopic (exact) mass is 322 g/mol. The van der Waals surface area contributed by atoms with E-state index in [1.165, 1.54) is 5.56 Å². The lowest BCUT2D eigenvalue weighted by Crippen LogP contribution is -2.38. The molecular formula is C15H19ClN4S. The lowest BCUT2D eigenvalue weighted by molar-refractivity contribution is 0.798. The molecule has 0 fully saturated rings. The zero-order valence-electron chi connectivity index (χ0n) is 12.0. The quantitative estimate of drug-likeness (QED) is 0.488. The summed E-state index contributed by atoms with van der Waals surface area (Å²) in [4.78, 5) is 8.64. The molecule has 0 spiro atoms. The van der Waals surface area contributed by atoms with E-state index in [1.807, 2.05) is 12.1 Å². The number of pyridine rings is 1. The second kappa shape index (κ2) is 8.64. The number of rotatable bonds is 6. The van der Waals surface area contributed by atoms with Crippen molar-refractivity contribution < 1.29 is 0 Å². The van der Waals surface area contributed by atoms with Crippen LogP contribution in [0.4, 0.5) is 0 Å². The molecule has 2 aromatic rings. The van der Waals surface area contributed by atoms with Gasteiger partial charge in [0.15, 0.2) is 5.96 Å². The third kappa shape index (κ3) is 5.73. The summed E-state index contributed by atoms with van der Waals surface area (Å²) in [6.45, 7) is 4.41. The van der Waals surface area contributed by atoms with Crippen molar-refractivity contribution in [3.63, 3.8) is 0 Å². The van der Waals surface area contributed by atoms with Gasteiger partial charge in [-0.2, -0.15) is 11.3 Å². The molecule has 0 unspecified atom stereocenters. The molecule has 0 bridgehead atoms. The van der Waals surface area contributed by atoms with E-state index in [2.05, 4.69) is 44.4 Å². The fourth-order valence-electron chi connectivity index (χ4n) is 1.77. The Hall–Kier alpha value is -1.59. The van der Waals surface area contributed by atoms with E-state index >= 15 is 0 Å². The van der Waals surface area contributed by atoms with Crippen molar-refractivity contribution in [3.05, 3.63) is 51.4 Å². The van der Waals surface area contributed by atoms with E-state index in [9.17, 15) is 0 Å². The molecule has 2 aromatic heterocycles. The summed E-state index contributed by atoms with van der Waals surface area (Å²) < 4.78 is 0. The van der Waals surface area contributed by atoms with Gasteiger partial charge in [-0.15, -0.1) is 0 Å². The maximum atomic E-state index is 5.77. The molecule has 4 nitrogen and oxygen atoms in total. The van der Waals surface area contributed by atoms with Crippen LogP contribution in [0.5, 0.6) is 0 Å². The zero-order chi connectivity index (χ0) is 14.9. The minimum Gasteiger partial charge on any atom is -0.357 e. The number of hydrogen-bond acceptors (Lipinski definition) is 3. The molecule has 2 N–H and O–H groups in total. The van der Waals surface area contributed by atoms with E-state index in [0.29, 0.717) is 11.7 Å². The number of guanidine groups is 1. The predicted octanol–water partition coefficient (Wildman–Crippen LogP) is 3.09. The molecule has 2 rings (SSSR count). The van der Waals surface area contributed by atoms with Crippen molar-refractivity contribution in [1.29, 1.82) is 0 Å². The molecule has 0 atom stereocenters. The van der Waals surface area contributed by atoms with Gasteiger partial charge in [0.05, 0.1) is 6.54 Å². The van der Waals surface area contributed by atoms with Gasteiger partial charge in [-0.05, 0) is 47.4 Å². The van der Waals surface area contributed by atoms with Crippen LogP contribution in [0.15, 0.2) is 40.1 Å². The van der Waals surface area contributed by atoms with Gasteiger partial charge in [-0.1, -0.05) is 17.7 Å². The predicted molar refractivity (Wildman–Crippen MR) is 90.1 cm³/mol. The van der Waals surface area contributed by atoms with Crippen molar-refractivity contribution in [2.75, 3.05) is 13.1 Å². The molecule has 2 heterocycles. The fraction of sp³-hybridized carbons (Fsp3) is 0.333. The zero-order valence-corrected chi connectivity index (χ0v) is 13.5. The number of halogens is 1. The highest BCUT2D eigenvalue weighted by Crippen LogP contribution is 2.07. The minimum atomic E-state index is 0.525. The summed E-state index contributed by atoms with van der Waals surface area (Å²) in [6, 6.07) is 5.90. The first-order valence-corrected chi connectivity index (χ1v) is 8.23. The number of nitrogens with one attached hydrogen (secondary N) is 2. The fourth-order valence-corrected chi connectivity index (χ4v) is 2.55. The van der Waals surface area contributed by atoms with Crippen LogP contribution in [0.3, 0.4) is 0 Å². The SMILES string of the molecule is CCNC(=NCc1ccsc1)NCCc1ccc(Cl)nc1. The van der Waals surface area contributed by atoms with Crippen LogP contribution in [-0.2, 0) is 13.0 Å². The first-order valence-electron chi connectivity index (χ1n) is 6.91. The molecule has 6 heteroatoms. The summed E-state index contributed by atoms with van der Waals surface area (Å²) >= 11 is 7.47. The minimum absolute atomic E-state index is 0.525. The van der Waals surface area contributed by atoms with Crippen molar-refractivity contribution >= 4 is 28.9 Å². The lowest BCUT2D eigenvalue weighted by atomic mass is 10.2. The molecular weight excluding hydrogens is 304 g/mol. The Labute approximate surface area is 134 Å². The number of thiophene rings is 1. The van der Waals surface area contributed by atoms with Crippen molar-refractivity contribution in [2.24, 2.45) is 4.99 Å². The van der Waals surface area contributed by atoms with Gasteiger partial charge in [0.2, 0.25) is 0 Å². The highest BCUT2D eigenvalue weighted by atomic mass is 35.5. The summed E-state index contributed by atoms with van der Waals surface area (Å²) in [5.74, 6) is 0.839. The summed E-state index contributed by atoms with van der Waals surface area (Å²) in [5.41, 5.74) is 2.39. The molecule has 0 amide bonds. The Morgan fingerprint density at radius 2 is 2.19 bits per heavy atom. The van der Waals surface area contributed by atoms with E-state index < -0.39 is 0 Å². The molecule has 0 saturated heterocycles. The van der Waals surface area contributed by atoms with Crippen LogP contribution in [0.2, 0.25) is 5.15 Å². The van der Waals surface area contributed by atoms with Gasteiger partial charge < -0.3 is 10.6 Å². The van der Waals surface area contributed by atoms with Gasteiger partial charge in [-0.3, -0.25) is 0 Å². The Morgan fingerprint density at radius 3 is 2.86 bits per heavy atom. The van der Waals surface area contributed by atoms with Gasteiger partial charge in [0, 0.05) is 19.3 Å². The van der Waals surface area contributed by atoms with E-state index in [-0.39, 0.29) is 0 Å². The van der Waals surface area contributed by atoms with Crippen LogP contribution < -0.4 is 10.6 Å². The largest absolute Gasteiger partial charge is 0.357 e. The third-order valence-corrected chi connectivity index (χ3v) is 3.79. The normalized spacial score (nSPS) is 11.4. The molecule has 0 radical (unpaired) electrons. The van der Waals surface area contributed by atoms with Crippen LogP contribution in [0.25, 0.3) is 0 Å². The van der Waals surface area contributed by atoms with Crippen molar-refractivity contribution in [1.82, 2.24) is 15.6 Å². The topological polar surface area (TPSA) is 49.3 Å². The molecule has 0 aliphatic carbocycles. The van der Waals surface area contributed by atoms with Gasteiger partial charge >= 0.3 is 0 Å². The Morgan fingerprint density at radius 1 is 1.29 bits per heavy atom. The first-order chi connectivity index (χ1) is 10.3. The van der Waals surface area contributed by atoms with Crippen LogP contribution >= 0.6 is 22.9 Å². The molecule has 21 heavy (non-hydrogen) atoms. The highest BCUT2D eigenvalue weighted by molar-refractivity contribution is 7.07. The van der Waals surface area contributed by atoms with Crippen molar-refractivity contribution in [3.8, 4) is 0 Å². The van der Waals surface area contributed by atoms with E-state index in [1.54, 1.807) is 17.5 Å². The molecule has 0 saturated carbocycles. The summed E-state index contributed by atoms with van der Waals surface area (Å²) in [5, 5.41) is 11.3. The number of hydrogen-bond donors (Lipinski definition) is 2. The second-order valence-electron chi connectivity index (χ2n) is 4.49. The molecule has 0 aliphatic rings. The van der Waals surface area contributed by atoms with Gasteiger partial charge in [0.1, 0.15) is 5.15 Å². The van der Waals surface area contributed by atoms with Crippen LogP contribution in [0, 0.1) is 0 Å². The maximum absolute atomic E-state index is 5.77. The average Bonchev–Trinajstić information content (AvgIpc) is 3.00. The van der Waals surface area contributed by atoms with Gasteiger partial charge in [0.25, 0.3) is 0 Å². The Bertz CT molecular complexity index is 552. The highest BCUT2D eigenvalue weighted by Gasteiger charge is 1.99. The lowest BCUT2D eigenvalue weighted by Gasteiger charge is -2.11. The number of aromatic nitrogens is 1. The first kappa shape index (κ1) is 15.8. The molecule has 0 aliphatic heterocycles. The number of aliphatic imine (C=N–C) groups is 1. The molecule has 0 aromatic carbocycles. The maximum Gasteiger partial charge on any atom is 0.191 e. The summed E-state index contributed by atoms with van der Waals surface area (Å²) in [6.07, 6.45) is 2.69. The third-order valence-electron chi connectivity index (χ3n) is 2.84. The number of nitrogens with zero attached hydrogens (tertiary/aromatic N) is 2. The van der Waals surface area contributed by atoms with Crippen molar-refractivity contribution in [2.45, 2.75) is 19.9 Å². The standard InChI is InChI=1S/C15H19ClN4S/c1-2-17-15(20-10-13-6-8-21-11-13)18-7-5-12-3-4-14(16)19-9-12/h3-4,6,8-9,11H,2,5,7,10H2,1H3,(H2,17,18,20).